The van der Waals surface area contributed by atoms with Gasteiger partial charge in [-0.3, -0.25) is 4.79 Å². The highest BCUT2D eigenvalue weighted by molar-refractivity contribution is 8.00. The Morgan fingerprint density at radius 3 is 2.33 bits per heavy atom. The second kappa shape index (κ2) is 7.74. The van der Waals surface area contributed by atoms with E-state index in [0.717, 1.165) is 0 Å². The molecule has 0 unspecified atom stereocenters. The van der Waals surface area contributed by atoms with Gasteiger partial charge < -0.3 is 14.8 Å². The number of benzene rings is 2. The van der Waals surface area contributed by atoms with Gasteiger partial charge in [0, 0.05) is 17.0 Å². The number of hydrogen-bond donors (Lipinski definition) is 1. The zero-order valence-electron chi connectivity index (χ0n) is 12.3. The van der Waals surface area contributed by atoms with Gasteiger partial charge in [-0.05, 0) is 12.1 Å². The maximum Gasteiger partial charge on any atom is 0.234 e. The van der Waals surface area contributed by atoms with Crippen molar-refractivity contribution in [3.05, 3.63) is 45.4 Å². The summed E-state index contributed by atoms with van der Waals surface area (Å²) in [5.74, 6) is 1.05. The first-order valence-corrected chi connectivity index (χ1v) is 9.12. The summed E-state index contributed by atoms with van der Waals surface area (Å²) < 4.78 is 10.9. The molecule has 1 aliphatic rings. The summed E-state index contributed by atoms with van der Waals surface area (Å²) >= 11 is 19.6. The van der Waals surface area contributed by atoms with Crippen molar-refractivity contribution in [3.63, 3.8) is 0 Å². The zero-order chi connectivity index (χ0) is 17.1. The van der Waals surface area contributed by atoms with Crippen LogP contribution in [0.4, 0.5) is 5.69 Å². The minimum Gasteiger partial charge on any atom is -0.486 e. The predicted octanol–water partition coefficient (Wildman–Crippen LogP) is 5.15. The normalized spacial score (nSPS) is 12.8. The topological polar surface area (TPSA) is 47.6 Å². The molecule has 1 aliphatic heterocycles. The van der Waals surface area contributed by atoms with Crippen LogP contribution in [-0.2, 0) is 4.79 Å². The maximum absolute atomic E-state index is 12.2. The van der Waals surface area contributed by atoms with Crippen LogP contribution in [0.15, 0.2) is 35.2 Å². The fourth-order valence-corrected chi connectivity index (χ4v) is 3.79. The third kappa shape index (κ3) is 4.03. The molecule has 0 spiro atoms. The smallest absolute Gasteiger partial charge is 0.234 e. The summed E-state index contributed by atoms with van der Waals surface area (Å²) in [6, 6.07) is 8.49. The number of carbonyl (C=O) groups is 1. The van der Waals surface area contributed by atoms with Gasteiger partial charge in [0.05, 0.1) is 26.5 Å². The fourth-order valence-electron chi connectivity index (χ4n) is 2.10. The third-order valence-corrected chi connectivity index (χ3v) is 5.47. The molecule has 1 N–H and O–H groups in total. The van der Waals surface area contributed by atoms with E-state index in [1.165, 1.54) is 11.8 Å². The van der Waals surface area contributed by atoms with Crippen LogP contribution >= 0.6 is 46.6 Å². The fraction of sp³-hybridized carbons (Fsp3) is 0.188. The van der Waals surface area contributed by atoms with E-state index in [2.05, 4.69) is 5.32 Å². The van der Waals surface area contributed by atoms with E-state index < -0.39 is 0 Å². The summed E-state index contributed by atoms with van der Waals surface area (Å²) in [6.45, 7) is 0.938. The van der Waals surface area contributed by atoms with Crippen LogP contribution < -0.4 is 14.8 Å². The quantitative estimate of drug-likeness (QED) is 0.716. The molecule has 0 aromatic heterocycles. The Labute approximate surface area is 158 Å². The first-order chi connectivity index (χ1) is 11.5. The Morgan fingerprint density at radius 2 is 1.67 bits per heavy atom. The number of hydrogen-bond acceptors (Lipinski definition) is 4. The maximum atomic E-state index is 12.2. The SMILES string of the molecule is O=C(CSc1c(Cl)cccc1Cl)Nc1cc2c(cc1Cl)OCCO2. The molecule has 3 rings (SSSR count). The second-order valence-corrected chi connectivity index (χ2v) is 7.07. The average molecular weight is 405 g/mol. The van der Waals surface area contributed by atoms with Gasteiger partial charge in [-0.2, -0.15) is 0 Å². The van der Waals surface area contributed by atoms with Crippen LogP contribution in [0.25, 0.3) is 0 Å². The van der Waals surface area contributed by atoms with E-state index in [4.69, 9.17) is 44.3 Å². The van der Waals surface area contributed by atoms with Gasteiger partial charge in [0.25, 0.3) is 0 Å². The first-order valence-electron chi connectivity index (χ1n) is 7.00. The van der Waals surface area contributed by atoms with Gasteiger partial charge in [-0.1, -0.05) is 40.9 Å². The lowest BCUT2D eigenvalue weighted by atomic mass is 10.2. The number of anilines is 1. The summed E-state index contributed by atoms with van der Waals surface area (Å²) in [5.41, 5.74) is 0.469. The summed E-state index contributed by atoms with van der Waals surface area (Å²) in [6.07, 6.45) is 0. The monoisotopic (exact) mass is 403 g/mol. The molecule has 2 aromatic rings. The van der Waals surface area contributed by atoms with Crippen molar-refractivity contribution in [3.8, 4) is 11.5 Å². The molecule has 2 aromatic carbocycles. The number of carbonyl (C=O) groups excluding carboxylic acids is 1. The lowest BCUT2D eigenvalue weighted by Gasteiger charge is -2.20. The summed E-state index contributed by atoms with van der Waals surface area (Å²) in [4.78, 5) is 12.9. The zero-order valence-corrected chi connectivity index (χ0v) is 15.4. The average Bonchev–Trinajstić information content (AvgIpc) is 2.55. The van der Waals surface area contributed by atoms with Gasteiger partial charge in [0.15, 0.2) is 11.5 Å². The molecule has 8 heteroatoms. The van der Waals surface area contributed by atoms with Crippen molar-refractivity contribution in [1.82, 2.24) is 0 Å². The molecule has 0 bridgehead atoms. The molecule has 1 amide bonds. The number of fused-ring (bicyclic) bond motifs is 1. The number of amides is 1. The molecule has 1 heterocycles. The van der Waals surface area contributed by atoms with E-state index in [-0.39, 0.29) is 11.7 Å². The van der Waals surface area contributed by atoms with Crippen LogP contribution in [0.5, 0.6) is 11.5 Å². The molecule has 0 saturated carbocycles. The highest BCUT2D eigenvalue weighted by atomic mass is 35.5. The van der Waals surface area contributed by atoms with Crippen LogP contribution in [-0.4, -0.2) is 24.9 Å². The molecule has 0 radical (unpaired) electrons. The van der Waals surface area contributed by atoms with Crippen molar-refractivity contribution >= 4 is 58.2 Å². The Bertz CT molecular complexity index is 765. The largest absolute Gasteiger partial charge is 0.486 e. The van der Waals surface area contributed by atoms with Crippen molar-refractivity contribution in [2.75, 3.05) is 24.3 Å². The molecule has 0 aliphatic carbocycles. The Hall–Kier alpha value is -1.27. The van der Waals surface area contributed by atoms with Gasteiger partial charge in [0.1, 0.15) is 13.2 Å². The van der Waals surface area contributed by atoms with Gasteiger partial charge in [-0.15, -0.1) is 11.8 Å². The van der Waals surface area contributed by atoms with Gasteiger partial charge in [0.2, 0.25) is 5.91 Å². The molecule has 0 saturated heterocycles. The van der Waals surface area contributed by atoms with Crippen LogP contribution in [0, 0.1) is 0 Å². The van der Waals surface area contributed by atoms with E-state index in [9.17, 15) is 4.79 Å². The first kappa shape index (κ1) is 17.5. The number of ether oxygens (including phenoxy) is 2. The van der Waals surface area contributed by atoms with Crippen LogP contribution in [0.3, 0.4) is 0 Å². The summed E-state index contributed by atoms with van der Waals surface area (Å²) in [7, 11) is 0. The minimum absolute atomic E-state index is 0.147. The molecular formula is C16H12Cl3NO3S. The molecule has 0 atom stereocenters. The number of nitrogens with one attached hydrogen (secondary N) is 1. The van der Waals surface area contributed by atoms with Crippen molar-refractivity contribution in [2.45, 2.75) is 4.90 Å². The van der Waals surface area contributed by atoms with E-state index in [1.54, 1.807) is 30.3 Å². The van der Waals surface area contributed by atoms with Crippen LogP contribution in [0.2, 0.25) is 15.1 Å². The standard InChI is InChI=1S/C16H12Cl3NO3S/c17-9-2-1-3-10(18)16(9)24-8-15(21)20-12-7-14-13(6-11(12)19)22-4-5-23-14/h1-3,6-7H,4-5,8H2,(H,20,21). The van der Waals surface area contributed by atoms with E-state index >= 15 is 0 Å². The number of halogens is 3. The van der Waals surface area contributed by atoms with Crippen molar-refractivity contribution in [1.29, 1.82) is 0 Å². The number of thioether (sulfide) groups is 1. The second-order valence-electron chi connectivity index (χ2n) is 4.86. The van der Waals surface area contributed by atoms with E-state index in [0.29, 0.717) is 50.4 Å². The lowest BCUT2D eigenvalue weighted by molar-refractivity contribution is -0.113. The molecule has 126 valence electrons. The van der Waals surface area contributed by atoms with Crippen molar-refractivity contribution in [2.24, 2.45) is 0 Å². The minimum atomic E-state index is -0.227. The lowest BCUT2D eigenvalue weighted by Crippen LogP contribution is -2.17. The molecule has 4 nitrogen and oxygen atoms in total. The van der Waals surface area contributed by atoms with Crippen LogP contribution in [0.1, 0.15) is 0 Å². The highest BCUT2D eigenvalue weighted by Crippen LogP contribution is 2.38. The highest BCUT2D eigenvalue weighted by Gasteiger charge is 2.17. The Morgan fingerprint density at radius 1 is 1.04 bits per heavy atom. The van der Waals surface area contributed by atoms with E-state index in [1.807, 2.05) is 0 Å². The van der Waals surface area contributed by atoms with Crippen molar-refractivity contribution < 1.29 is 14.3 Å². The van der Waals surface area contributed by atoms with Gasteiger partial charge >= 0.3 is 0 Å². The Kier molecular flexibility index (Phi) is 5.66. The summed E-state index contributed by atoms with van der Waals surface area (Å²) in [5, 5.41) is 4.16. The molecular weight excluding hydrogens is 393 g/mol. The Balaban J connectivity index is 1.67. The predicted molar refractivity (Wildman–Crippen MR) is 98.3 cm³/mol. The van der Waals surface area contributed by atoms with Gasteiger partial charge in [-0.25, -0.2) is 0 Å². The molecule has 24 heavy (non-hydrogen) atoms. The third-order valence-electron chi connectivity index (χ3n) is 3.17. The number of rotatable bonds is 4. The molecule has 0 fully saturated rings.